The summed E-state index contributed by atoms with van der Waals surface area (Å²) in [5.74, 6) is -3.12. The summed E-state index contributed by atoms with van der Waals surface area (Å²) in [5, 5.41) is 21.8. The van der Waals surface area contributed by atoms with Gasteiger partial charge in [-0.2, -0.15) is 17.6 Å². The Hall–Kier alpha value is -3.60. The van der Waals surface area contributed by atoms with Crippen LogP contribution in [0.5, 0.6) is 0 Å². The highest BCUT2D eigenvalue weighted by molar-refractivity contribution is 5.96. The molecule has 0 aliphatic heterocycles. The second kappa shape index (κ2) is 9.10. The Morgan fingerprint density at radius 3 is 2.42 bits per heavy atom. The molecule has 0 saturated carbocycles. The van der Waals surface area contributed by atoms with E-state index in [-0.39, 0.29) is 21.6 Å². The average molecular weight is 468 g/mol. The summed E-state index contributed by atoms with van der Waals surface area (Å²) in [7, 11) is 0. The number of aliphatic hydroxyl groups excluding tert-OH is 1. The number of nitrogens with one attached hydrogen (secondary N) is 1. The molecular formula is C22H19F5N3O3+. The van der Waals surface area contributed by atoms with Gasteiger partial charge in [0.25, 0.3) is 17.8 Å². The van der Waals surface area contributed by atoms with Gasteiger partial charge in [0, 0.05) is 28.1 Å². The van der Waals surface area contributed by atoms with Crippen molar-refractivity contribution in [1.82, 2.24) is 10.3 Å². The summed E-state index contributed by atoms with van der Waals surface area (Å²) >= 11 is 0. The molecule has 2 aromatic heterocycles. The van der Waals surface area contributed by atoms with E-state index in [1.807, 2.05) is 0 Å². The van der Waals surface area contributed by atoms with Crippen LogP contribution < -0.4 is 10.0 Å². The average Bonchev–Trinajstić information content (AvgIpc) is 2.71. The summed E-state index contributed by atoms with van der Waals surface area (Å²) < 4.78 is 66.9. The zero-order valence-corrected chi connectivity index (χ0v) is 17.4. The van der Waals surface area contributed by atoms with Gasteiger partial charge in [0.15, 0.2) is 17.7 Å². The molecule has 174 valence electrons. The fourth-order valence-electron chi connectivity index (χ4n) is 3.20. The summed E-state index contributed by atoms with van der Waals surface area (Å²) in [5.41, 5.74) is -0.139. The van der Waals surface area contributed by atoms with E-state index in [9.17, 15) is 37.1 Å². The molecule has 1 amide bonds. The van der Waals surface area contributed by atoms with Crippen LogP contribution in [0.15, 0.2) is 48.8 Å². The van der Waals surface area contributed by atoms with Crippen LogP contribution in [0.2, 0.25) is 0 Å². The van der Waals surface area contributed by atoms with Gasteiger partial charge in [0.1, 0.15) is 6.04 Å². The molecule has 2 atom stereocenters. The number of benzene rings is 1. The lowest BCUT2D eigenvalue weighted by Crippen LogP contribution is -2.42. The van der Waals surface area contributed by atoms with Crippen molar-refractivity contribution in [3.63, 3.8) is 0 Å². The van der Waals surface area contributed by atoms with Gasteiger partial charge in [-0.25, -0.2) is 4.39 Å². The van der Waals surface area contributed by atoms with Crippen molar-refractivity contribution in [2.24, 2.45) is 0 Å². The zero-order valence-electron chi connectivity index (χ0n) is 17.4. The van der Waals surface area contributed by atoms with E-state index in [0.29, 0.717) is 12.3 Å². The molecule has 2 heterocycles. The van der Waals surface area contributed by atoms with Crippen molar-refractivity contribution in [2.75, 3.05) is 0 Å². The summed E-state index contributed by atoms with van der Waals surface area (Å²) in [6, 6.07) is 5.71. The second-order valence-corrected chi connectivity index (χ2v) is 7.44. The Bertz CT molecular complexity index is 1160. The van der Waals surface area contributed by atoms with Gasteiger partial charge in [0.2, 0.25) is 0 Å². The third-order valence-electron chi connectivity index (χ3n) is 4.81. The van der Waals surface area contributed by atoms with Crippen LogP contribution >= 0.6 is 0 Å². The molecule has 0 saturated heterocycles. The molecule has 33 heavy (non-hydrogen) atoms. The lowest BCUT2D eigenvalue weighted by molar-refractivity contribution is -0.912. The zero-order chi connectivity index (χ0) is 24.5. The first-order valence-corrected chi connectivity index (χ1v) is 9.60. The highest BCUT2D eigenvalue weighted by atomic mass is 19.4. The van der Waals surface area contributed by atoms with Crippen molar-refractivity contribution in [3.8, 4) is 11.3 Å². The SMILES string of the molecule is Cc1ccc(-c2cc(C(=O)N[C@H](C)c3c(F)cc(F)c[n+]3O)cc(C(O)C(F)(F)F)c2)nc1. The molecule has 0 aliphatic rings. The predicted molar refractivity (Wildman–Crippen MR) is 105 cm³/mol. The number of aryl methyl sites for hydroxylation is 1. The van der Waals surface area contributed by atoms with E-state index < -0.39 is 47.1 Å². The third-order valence-corrected chi connectivity index (χ3v) is 4.81. The quantitative estimate of drug-likeness (QED) is 0.301. The Morgan fingerprint density at radius 2 is 1.85 bits per heavy atom. The number of amides is 1. The number of hydrogen-bond donors (Lipinski definition) is 3. The number of rotatable bonds is 5. The number of nitrogens with zero attached hydrogens (tertiary/aromatic N) is 2. The Morgan fingerprint density at radius 1 is 1.15 bits per heavy atom. The van der Waals surface area contributed by atoms with Crippen LogP contribution in [-0.4, -0.2) is 27.4 Å². The molecule has 0 radical (unpaired) electrons. The van der Waals surface area contributed by atoms with E-state index in [1.54, 1.807) is 19.1 Å². The van der Waals surface area contributed by atoms with Crippen LogP contribution in [0.3, 0.4) is 0 Å². The Labute approximate surface area is 184 Å². The number of pyridine rings is 2. The Kier molecular flexibility index (Phi) is 6.63. The van der Waals surface area contributed by atoms with Crippen LogP contribution in [-0.2, 0) is 0 Å². The van der Waals surface area contributed by atoms with Gasteiger partial charge in [-0.05, 0) is 49.2 Å². The maximum Gasteiger partial charge on any atom is 0.418 e. The minimum atomic E-state index is -4.99. The lowest BCUT2D eigenvalue weighted by atomic mass is 9.98. The largest absolute Gasteiger partial charge is 0.418 e. The van der Waals surface area contributed by atoms with Crippen LogP contribution in [0.1, 0.15) is 46.2 Å². The van der Waals surface area contributed by atoms with E-state index in [4.69, 9.17) is 0 Å². The lowest BCUT2D eigenvalue weighted by Gasteiger charge is -2.18. The number of carbonyl (C=O) groups excluding carboxylic acids is 1. The number of aromatic nitrogens is 2. The Balaban J connectivity index is 2.01. The van der Waals surface area contributed by atoms with Gasteiger partial charge >= 0.3 is 6.18 Å². The first kappa shape index (κ1) is 24.1. The smallest absolute Gasteiger partial charge is 0.379 e. The van der Waals surface area contributed by atoms with Crippen LogP contribution in [0, 0.1) is 18.6 Å². The van der Waals surface area contributed by atoms with Crippen molar-refractivity contribution < 1.29 is 41.8 Å². The topological polar surface area (TPSA) is 86.3 Å². The normalized spacial score (nSPS) is 13.5. The minimum Gasteiger partial charge on any atom is -0.379 e. The molecule has 0 fully saturated rings. The van der Waals surface area contributed by atoms with Crippen LogP contribution in [0.25, 0.3) is 11.3 Å². The number of aliphatic hydroxyl groups is 1. The summed E-state index contributed by atoms with van der Waals surface area (Å²) in [6.45, 7) is 3.06. The summed E-state index contributed by atoms with van der Waals surface area (Å²) in [6.07, 6.45) is -5.77. The fraction of sp³-hybridized carbons (Fsp3) is 0.227. The predicted octanol–water partition coefficient (Wildman–Crippen LogP) is 3.95. The summed E-state index contributed by atoms with van der Waals surface area (Å²) in [4.78, 5) is 16.9. The number of carbonyl (C=O) groups is 1. The van der Waals surface area contributed by atoms with Gasteiger partial charge in [0.05, 0.1) is 5.69 Å². The van der Waals surface area contributed by atoms with Crippen molar-refractivity contribution in [3.05, 3.63) is 82.8 Å². The van der Waals surface area contributed by atoms with E-state index in [0.717, 1.165) is 17.7 Å². The second-order valence-electron chi connectivity index (χ2n) is 7.44. The maximum atomic E-state index is 14.1. The molecule has 3 N–H and O–H groups in total. The molecule has 1 unspecified atom stereocenters. The highest BCUT2D eigenvalue weighted by Crippen LogP contribution is 2.35. The monoisotopic (exact) mass is 468 g/mol. The van der Waals surface area contributed by atoms with Crippen molar-refractivity contribution in [1.29, 1.82) is 0 Å². The van der Waals surface area contributed by atoms with Gasteiger partial charge in [-0.3, -0.25) is 15.0 Å². The molecular weight excluding hydrogens is 449 g/mol. The fourth-order valence-corrected chi connectivity index (χ4v) is 3.20. The van der Waals surface area contributed by atoms with E-state index >= 15 is 0 Å². The molecule has 6 nitrogen and oxygen atoms in total. The van der Waals surface area contributed by atoms with Gasteiger partial charge < -0.3 is 10.4 Å². The molecule has 0 spiro atoms. The minimum absolute atomic E-state index is 0.138. The first-order chi connectivity index (χ1) is 15.4. The van der Waals surface area contributed by atoms with Gasteiger partial charge in [-0.15, -0.1) is 0 Å². The maximum absolute atomic E-state index is 14.1. The first-order valence-electron chi connectivity index (χ1n) is 9.60. The highest BCUT2D eigenvalue weighted by Gasteiger charge is 2.40. The number of halogens is 5. The van der Waals surface area contributed by atoms with E-state index in [1.165, 1.54) is 19.2 Å². The molecule has 0 bridgehead atoms. The van der Waals surface area contributed by atoms with Crippen molar-refractivity contribution in [2.45, 2.75) is 32.2 Å². The third kappa shape index (κ3) is 5.43. The van der Waals surface area contributed by atoms with Gasteiger partial charge in [-0.1, -0.05) is 6.07 Å². The molecule has 0 aliphatic carbocycles. The number of hydrogen-bond acceptors (Lipinski definition) is 4. The molecule has 11 heteroatoms. The van der Waals surface area contributed by atoms with Crippen molar-refractivity contribution >= 4 is 5.91 Å². The van der Waals surface area contributed by atoms with E-state index in [2.05, 4.69) is 10.3 Å². The molecule has 3 rings (SSSR count). The molecule has 3 aromatic rings. The molecule has 1 aromatic carbocycles. The van der Waals surface area contributed by atoms with Crippen LogP contribution in [0.4, 0.5) is 22.0 Å². The number of alkyl halides is 3. The standard InChI is InChI=1S/C22H18F5N3O3/c1-11-3-4-18(28-9-11)13-5-14(20(31)22(25,26)27)7-15(6-13)21(32)29-12(2)19-17(24)8-16(23)10-30(19)33/h3-10,12,20,31H,1-2H3,(H-,29,32,33)/p+1/t12-,20?/m1/s1.